The van der Waals surface area contributed by atoms with E-state index < -0.39 is 0 Å². The molecule has 2 nitrogen and oxygen atoms in total. The smallest absolute Gasteiger partial charge is 0.147 e. The van der Waals surface area contributed by atoms with Gasteiger partial charge in [0.1, 0.15) is 5.78 Å². The molecule has 24 heavy (non-hydrogen) atoms. The van der Waals surface area contributed by atoms with Gasteiger partial charge < -0.3 is 5.11 Å². The van der Waals surface area contributed by atoms with E-state index in [9.17, 15) is 9.90 Å². The number of aliphatic hydroxyl groups is 1. The van der Waals surface area contributed by atoms with Gasteiger partial charge in [-0.1, -0.05) is 41.4 Å². The van der Waals surface area contributed by atoms with Crippen molar-refractivity contribution in [2.24, 2.45) is 28.6 Å². The lowest BCUT2D eigenvalue weighted by molar-refractivity contribution is -0.124. The third kappa shape index (κ3) is 2.06. The monoisotopic (exact) mass is 394 g/mol. The first-order valence-corrected chi connectivity index (χ1v) is 10.6. The number of allylic oxidation sites excluding steroid dienone is 1. The second-order valence-electron chi connectivity index (χ2n) is 9.51. The van der Waals surface area contributed by atoms with Crippen molar-refractivity contribution in [1.29, 1.82) is 0 Å². The largest absolute Gasteiger partial charge is 0.393 e. The van der Waals surface area contributed by atoms with Crippen LogP contribution in [0.4, 0.5) is 0 Å². The van der Waals surface area contributed by atoms with E-state index in [1.54, 1.807) is 6.92 Å². The van der Waals surface area contributed by atoms with Gasteiger partial charge in [0, 0.05) is 0 Å². The Morgan fingerprint density at radius 3 is 2.58 bits per heavy atom. The summed E-state index contributed by atoms with van der Waals surface area (Å²) in [6.07, 6.45) is 11.1. The summed E-state index contributed by atoms with van der Waals surface area (Å²) in [5.74, 6) is 2.43. The molecule has 3 fully saturated rings. The van der Waals surface area contributed by atoms with Crippen molar-refractivity contribution in [3.63, 3.8) is 0 Å². The van der Waals surface area contributed by atoms with Crippen LogP contribution >= 0.6 is 15.9 Å². The zero-order valence-electron chi connectivity index (χ0n) is 15.3. The summed E-state index contributed by atoms with van der Waals surface area (Å²) >= 11 is 3.92. The molecule has 0 saturated heterocycles. The fourth-order valence-corrected chi connectivity index (χ4v) is 7.93. The maximum atomic E-state index is 12.4. The van der Waals surface area contributed by atoms with E-state index in [4.69, 9.17) is 0 Å². The Balaban J connectivity index is 1.69. The first-order chi connectivity index (χ1) is 11.2. The molecule has 0 heterocycles. The molecule has 0 amide bonds. The van der Waals surface area contributed by atoms with Crippen molar-refractivity contribution in [2.45, 2.75) is 82.6 Å². The fourth-order valence-electron chi connectivity index (χ4n) is 7.20. The number of hydrogen-bond acceptors (Lipinski definition) is 2. The summed E-state index contributed by atoms with van der Waals surface area (Å²) in [6, 6.07) is 0. The predicted octanol–water partition coefficient (Wildman–Crippen LogP) is 5.03. The topological polar surface area (TPSA) is 37.3 Å². The van der Waals surface area contributed by atoms with Crippen molar-refractivity contribution in [3.8, 4) is 0 Å². The molecule has 0 aromatic carbocycles. The third-order valence-corrected chi connectivity index (χ3v) is 10.6. The molecule has 3 saturated carbocycles. The van der Waals surface area contributed by atoms with Gasteiger partial charge in [0.25, 0.3) is 0 Å². The average Bonchev–Trinajstić information content (AvgIpc) is 2.81. The minimum Gasteiger partial charge on any atom is -0.393 e. The molecule has 3 heteroatoms. The first kappa shape index (κ1) is 17.3. The molecule has 4 aliphatic carbocycles. The number of carbonyl (C=O) groups excluding carboxylic acids is 1. The Labute approximate surface area is 154 Å². The Hall–Kier alpha value is -0.150. The van der Waals surface area contributed by atoms with Crippen LogP contribution in [0.2, 0.25) is 0 Å². The molecule has 0 bridgehead atoms. The zero-order valence-corrected chi connectivity index (χ0v) is 16.9. The molecule has 0 radical (unpaired) electrons. The van der Waals surface area contributed by atoms with Gasteiger partial charge in [-0.15, -0.1) is 0 Å². The van der Waals surface area contributed by atoms with Crippen molar-refractivity contribution in [2.75, 3.05) is 0 Å². The van der Waals surface area contributed by atoms with Gasteiger partial charge in [0.05, 0.1) is 10.4 Å². The zero-order chi connectivity index (χ0) is 17.3. The predicted molar refractivity (Wildman–Crippen MR) is 100 cm³/mol. The van der Waals surface area contributed by atoms with Crippen LogP contribution in [0.5, 0.6) is 0 Å². The van der Waals surface area contributed by atoms with Gasteiger partial charge in [-0.2, -0.15) is 0 Å². The highest BCUT2D eigenvalue weighted by atomic mass is 79.9. The van der Waals surface area contributed by atoms with Crippen molar-refractivity contribution in [3.05, 3.63) is 11.6 Å². The Bertz CT molecular complexity index is 599. The molecule has 7 atom stereocenters. The molecular weight excluding hydrogens is 364 g/mol. The maximum absolute atomic E-state index is 12.4. The molecule has 4 rings (SSSR count). The molecule has 0 aliphatic heterocycles. The van der Waals surface area contributed by atoms with Crippen LogP contribution in [-0.2, 0) is 4.79 Å². The summed E-state index contributed by atoms with van der Waals surface area (Å²) in [5.41, 5.74) is 1.92. The van der Waals surface area contributed by atoms with Gasteiger partial charge in [-0.25, -0.2) is 0 Å². The molecule has 1 N–H and O–H groups in total. The molecule has 1 unspecified atom stereocenters. The highest BCUT2D eigenvalue weighted by molar-refractivity contribution is 9.10. The van der Waals surface area contributed by atoms with E-state index in [0.29, 0.717) is 17.6 Å². The third-order valence-electron chi connectivity index (χ3n) is 8.73. The second-order valence-corrected chi connectivity index (χ2v) is 10.9. The number of alkyl halides is 1. The fraction of sp³-hybridized carbons (Fsp3) is 0.857. The van der Waals surface area contributed by atoms with Crippen LogP contribution in [0.1, 0.15) is 72.1 Å². The van der Waals surface area contributed by atoms with Gasteiger partial charge in [-0.3, -0.25) is 4.79 Å². The van der Waals surface area contributed by atoms with E-state index in [-0.39, 0.29) is 21.3 Å². The van der Waals surface area contributed by atoms with Crippen LogP contribution in [0.15, 0.2) is 11.6 Å². The van der Waals surface area contributed by atoms with Crippen LogP contribution in [-0.4, -0.2) is 21.3 Å². The standard InChI is InChI=1S/C21H31BrO2/c1-13(23)21(22)11-8-18-16-5-4-14-12-15(24)6-9-19(14,2)17(16)7-10-20(18,21)3/h4,15-18,24H,5-12H2,1-3H3/t15?,16-,17+,18+,19+,20+,21+/m1/s1. The Morgan fingerprint density at radius 2 is 1.88 bits per heavy atom. The van der Waals surface area contributed by atoms with E-state index in [0.717, 1.165) is 44.4 Å². The minimum atomic E-state index is -0.302. The Kier molecular flexibility index (Phi) is 3.90. The van der Waals surface area contributed by atoms with Gasteiger partial charge >= 0.3 is 0 Å². The number of hydrogen-bond donors (Lipinski definition) is 1. The average molecular weight is 395 g/mol. The highest BCUT2D eigenvalue weighted by Gasteiger charge is 2.64. The van der Waals surface area contributed by atoms with Crippen LogP contribution in [0, 0.1) is 28.6 Å². The van der Waals surface area contributed by atoms with Crippen LogP contribution < -0.4 is 0 Å². The molecule has 4 aliphatic rings. The normalized spacial score (nSPS) is 53.6. The minimum absolute atomic E-state index is 0.107. The first-order valence-electron chi connectivity index (χ1n) is 9.80. The second kappa shape index (κ2) is 5.42. The summed E-state index contributed by atoms with van der Waals surface area (Å²) in [7, 11) is 0. The quantitative estimate of drug-likeness (QED) is 0.499. The van der Waals surface area contributed by atoms with Crippen molar-refractivity contribution < 1.29 is 9.90 Å². The number of Topliss-reactive ketones (excluding diaryl/α,β-unsaturated/α-hetero) is 1. The molecule has 0 spiro atoms. The Morgan fingerprint density at radius 1 is 1.17 bits per heavy atom. The van der Waals surface area contributed by atoms with Crippen LogP contribution in [0.25, 0.3) is 0 Å². The lowest BCUT2D eigenvalue weighted by atomic mass is 9.47. The highest BCUT2D eigenvalue weighted by Crippen LogP contribution is 2.69. The summed E-state index contributed by atoms with van der Waals surface area (Å²) in [4.78, 5) is 12.4. The van der Waals surface area contributed by atoms with E-state index in [2.05, 4.69) is 35.9 Å². The number of ketones is 1. The van der Waals surface area contributed by atoms with Gasteiger partial charge in [-0.05, 0) is 86.9 Å². The van der Waals surface area contributed by atoms with Crippen molar-refractivity contribution in [1.82, 2.24) is 0 Å². The van der Waals surface area contributed by atoms with E-state index in [1.165, 1.54) is 18.4 Å². The van der Waals surface area contributed by atoms with Gasteiger partial charge in [0.15, 0.2) is 0 Å². The lowest BCUT2D eigenvalue weighted by Gasteiger charge is -2.58. The number of rotatable bonds is 1. The summed E-state index contributed by atoms with van der Waals surface area (Å²) < 4.78 is -0.302. The molecule has 0 aromatic heterocycles. The summed E-state index contributed by atoms with van der Waals surface area (Å²) in [5, 5.41) is 10.1. The van der Waals surface area contributed by atoms with Crippen molar-refractivity contribution >= 4 is 21.7 Å². The number of fused-ring (bicyclic) bond motifs is 5. The number of aliphatic hydroxyl groups excluding tert-OH is 1. The van der Waals surface area contributed by atoms with Crippen LogP contribution in [0.3, 0.4) is 0 Å². The molecule has 0 aromatic rings. The maximum Gasteiger partial charge on any atom is 0.147 e. The van der Waals surface area contributed by atoms with E-state index >= 15 is 0 Å². The van der Waals surface area contributed by atoms with Gasteiger partial charge in [0.2, 0.25) is 0 Å². The number of halogens is 1. The lowest BCUT2D eigenvalue weighted by Crippen LogP contribution is -2.54. The summed E-state index contributed by atoms with van der Waals surface area (Å²) in [6.45, 7) is 6.62. The van der Waals surface area contributed by atoms with E-state index in [1.807, 2.05) is 0 Å². The SMILES string of the molecule is CC(=O)[C@@]1(Br)CC[C@H]2[C@@H]3CC=C4CC(O)CC[C@]4(C)[C@H]3CC[C@@]21C. The number of carbonyl (C=O) groups is 1. The molecular formula is C21H31BrO2. The molecule has 134 valence electrons.